The number of rotatable bonds is 8. The maximum absolute atomic E-state index is 5.74. The van der Waals surface area contributed by atoms with Gasteiger partial charge in [0.1, 0.15) is 5.76 Å². The van der Waals surface area contributed by atoms with Crippen LogP contribution in [0.1, 0.15) is 50.8 Å². The summed E-state index contributed by atoms with van der Waals surface area (Å²) in [5.74, 6) is 2.67. The molecule has 7 heteroatoms. The predicted octanol–water partition coefficient (Wildman–Crippen LogP) is 3.32. The number of piperidine rings is 1. The highest BCUT2D eigenvalue weighted by Gasteiger charge is 2.25. The third-order valence-electron chi connectivity index (χ3n) is 5.86. The van der Waals surface area contributed by atoms with Gasteiger partial charge in [-0.25, -0.2) is 0 Å². The number of nitrogens with zero attached hydrogens (tertiary/aromatic N) is 3. The number of guanidine groups is 1. The van der Waals surface area contributed by atoms with Crippen molar-refractivity contribution >= 4 is 29.9 Å². The minimum Gasteiger partial charge on any atom is -0.468 e. The zero-order valence-corrected chi connectivity index (χ0v) is 19.9. The van der Waals surface area contributed by atoms with Gasteiger partial charge in [0.15, 0.2) is 5.96 Å². The molecule has 0 amide bonds. The Labute approximate surface area is 187 Å². The summed E-state index contributed by atoms with van der Waals surface area (Å²) in [4.78, 5) is 9.55. The molecule has 0 bridgehead atoms. The van der Waals surface area contributed by atoms with Crippen LogP contribution in [0.4, 0.5) is 0 Å². The standard InChI is InChI=1S/C21H37N5O.HI/c1-3-10-25-13-9-18(17-25)15-23-21(22-2)24-16-19(20-8-7-14-27-20)26-11-5-4-6-12-26;/h7-8,14,18-19H,3-6,9-13,15-17H2,1-2H3,(H2,22,23,24);1H. The fourth-order valence-corrected chi connectivity index (χ4v) is 4.37. The Morgan fingerprint density at radius 3 is 2.75 bits per heavy atom. The molecule has 2 atom stereocenters. The molecule has 3 heterocycles. The normalized spacial score (nSPS) is 22.6. The second kappa shape index (κ2) is 12.7. The van der Waals surface area contributed by atoms with E-state index in [0.29, 0.717) is 0 Å². The lowest BCUT2D eigenvalue weighted by Crippen LogP contribution is -2.45. The quantitative estimate of drug-likeness (QED) is 0.324. The topological polar surface area (TPSA) is 56.0 Å². The van der Waals surface area contributed by atoms with Crippen molar-refractivity contribution in [1.82, 2.24) is 20.4 Å². The van der Waals surface area contributed by atoms with Gasteiger partial charge in [-0.3, -0.25) is 9.89 Å². The average Bonchev–Trinajstić information content (AvgIpc) is 3.38. The van der Waals surface area contributed by atoms with E-state index in [1.165, 1.54) is 51.7 Å². The van der Waals surface area contributed by atoms with Crippen LogP contribution in [0.25, 0.3) is 0 Å². The molecule has 2 N–H and O–H groups in total. The van der Waals surface area contributed by atoms with Crippen molar-refractivity contribution in [2.45, 2.75) is 45.1 Å². The first kappa shape index (κ1) is 23.5. The average molecular weight is 503 g/mol. The largest absolute Gasteiger partial charge is 0.468 e. The summed E-state index contributed by atoms with van der Waals surface area (Å²) in [5.41, 5.74) is 0. The third kappa shape index (κ3) is 6.91. The minimum atomic E-state index is 0. The van der Waals surface area contributed by atoms with E-state index in [0.717, 1.165) is 43.8 Å². The molecule has 0 saturated carbocycles. The van der Waals surface area contributed by atoms with E-state index in [-0.39, 0.29) is 30.0 Å². The number of hydrogen-bond donors (Lipinski definition) is 2. The number of hydrogen-bond acceptors (Lipinski definition) is 4. The fourth-order valence-electron chi connectivity index (χ4n) is 4.37. The van der Waals surface area contributed by atoms with Crippen LogP contribution in [0, 0.1) is 5.92 Å². The SMILES string of the molecule is CCCN1CCC(CNC(=NC)NCC(c2ccco2)N2CCCCC2)C1.I. The lowest BCUT2D eigenvalue weighted by molar-refractivity contribution is 0.146. The van der Waals surface area contributed by atoms with Crippen LogP contribution in [0.5, 0.6) is 0 Å². The number of aliphatic imine (C=N–C) groups is 1. The molecule has 0 spiro atoms. The second-order valence-electron chi connectivity index (χ2n) is 7.92. The van der Waals surface area contributed by atoms with Gasteiger partial charge in [-0.15, -0.1) is 24.0 Å². The molecular formula is C21H38IN5O. The number of nitrogens with one attached hydrogen (secondary N) is 2. The lowest BCUT2D eigenvalue weighted by atomic mass is 10.1. The van der Waals surface area contributed by atoms with Crippen molar-refractivity contribution in [2.24, 2.45) is 10.9 Å². The lowest BCUT2D eigenvalue weighted by Gasteiger charge is -2.33. The summed E-state index contributed by atoms with van der Waals surface area (Å²) in [6.45, 7) is 10.0. The fraction of sp³-hybridized carbons (Fsp3) is 0.762. The Morgan fingerprint density at radius 1 is 1.25 bits per heavy atom. The van der Waals surface area contributed by atoms with E-state index in [2.05, 4.69) is 38.4 Å². The van der Waals surface area contributed by atoms with Gasteiger partial charge >= 0.3 is 0 Å². The van der Waals surface area contributed by atoms with E-state index in [1.807, 2.05) is 13.1 Å². The van der Waals surface area contributed by atoms with Crippen LogP contribution in [0.15, 0.2) is 27.8 Å². The van der Waals surface area contributed by atoms with E-state index in [4.69, 9.17) is 4.42 Å². The highest BCUT2D eigenvalue weighted by molar-refractivity contribution is 14.0. The van der Waals surface area contributed by atoms with Crippen LogP contribution < -0.4 is 10.6 Å². The molecule has 2 aliphatic heterocycles. The Hall–Kier alpha value is -0.800. The van der Waals surface area contributed by atoms with Crippen LogP contribution in [0.3, 0.4) is 0 Å². The number of likely N-dealkylation sites (tertiary alicyclic amines) is 2. The Bertz CT molecular complexity index is 559. The summed E-state index contributed by atoms with van der Waals surface area (Å²) >= 11 is 0. The summed E-state index contributed by atoms with van der Waals surface area (Å²) < 4.78 is 5.74. The van der Waals surface area contributed by atoms with Crippen LogP contribution in [-0.4, -0.2) is 68.6 Å². The molecule has 2 fully saturated rings. The summed E-state index contributed by atoms with van der Waals surface area (Å²) in [6, 6.07) is 4.35. The molecule has 160 valence electrons. The Kier molecular flexibility index (Phi) is 10.6. The van der Waals surface area contributed by atoms with Crippen molar-refractivity contribution in [3.05, 3.63) is 24.2 Å². The van der Waals surface area contributed by atoms with Gasteiger partial charge in [-0.2, -0.15) is 0 Å². The highest BCUT2D eigenvalue weighted by Crippen LogP contribution is 2.24. The van der Waals surface area contributed by atoms with Gasteiger partial charge in [-0.05, 0) is 69.9 Å². The zero-order valence-electron chi connectivity index (χ0n) is 17.5. The molecular weight excluding hydrogens is 465 g/mol. The summed E-state index contributed by atoms with van der Waals surface area (Å²) in [5, 5.41) is 7.08. The molecule has 2 aliphatic rings. The monoisotopic (exact) mass is 503 g/mol. The molecule has 1 aromatic heterocycles. The van der Waals surface area contributed by atoms with Crippen LogP contribution in [-0.2, 0) is 0 Å². The maximum atomic E-state index is 5.74. The van der Waals surface area contributed by atoms with Crippen molar-refractivity contribution in [3.63, 3.8) is 0 Å². The van der Waals surface area contributed by atoms with E-state index < -0.39 is 0 Å². The summed E-state index contributed by atoms with van der Waals surface area (Å²) in [7, 11) is 1.86. The molecule has 0 radical (unpaired) electrons. The maximum Gasteiger partial charge on any atom is 0.191 e. The third-order valence-corrected chi connectivity index (χ3v) is 5.86. The summed E-state index contributed by atoms with van der Waals surface area (Å²) in [6.07, 6.45) is 8.21. The van der Waals surface area contributed by atoms with Gasteiger partial charge < -0.3 is 20.0 Å². The van der Waals surface area contributed by atoms with Crippen molar-refractivity contribution < 1.29 is 4.42 Å². The molecule has 28 heavy (non-hydrogen) atoms. The van der Waals surface area contributed by atoms with E-state index in [1.54, 1.807) is 6.26 Å². The zero-order chi connectivity index (χ0) is 18.9. The molecule has 2 unspecified atom stereocenters. The minimum absolute atomic E-state index is 0. The molecule has 2 saturated heterocycles. The highest BCUT2D eigenvalue weighted by atomic mass is 127. The Morgan fingerprint density at radius 2 is 2.07 bits per heavy atom. The van der Waals surface area contributed by atoms with Crippen LogP contribution in [0.2, 0.25) is 0 Å². The number of halogens is 1. The Balaban J connectivity index is 0.00000280. The first-order valence-electron chi connectivity index (χ1n) is 10.7. The van der Waals surface area contributed by atoms with Gasteiger partial charge in [0.05, 0.1) is 12.3 Å². The second-order valence-corrected chi connectivity index (χ2v) is 7.92. The molecule has 0 aromatic carbocycles. The van der Waals surface area contributed by atoms with E-state index in [9.17, 15) is 0 Å². The molecule has 3 rings (SSSR count). The van der Waals surface area contributed by atoms with Crippen molar-refractivity contribution in [3.8, 4) is 0 Å². The first-order chi connectivity index (χ1) is 13.3. The molecule has 0 aliphatic carbocycles. The van der Waals surface area contributed by atoms with E-state index >= 15 is 0 Å². The first-order valence-corrected chi connectivity index (χ1v) is 10.7. The van der Waals surface area contributed by atoms with Gasteiger partial charge in [0.2, 0.25) is 0 Å². The molecule has 6 nitrogen and oxygen atoms in total. The molecule has 1 aromatic rings. The van der Waals surface area contributed by atoms with Gasteiger partial charge in [0, 0.05) is 26.7 Å². The van der Waals surface area contributed by atoms with Crippen molar-refractivity contribution in [1.29, 1.82) is 0 Å². The van der Waals surface area contributed by atoms with Crippen LogP contribution >= 0.6 is 24.0 Å². The van der Waals surface area contributed by atoms with Gasteiger partial charge in [-0.1, -0.05) is 13.3 Å². The number of furan rings is 1. The van der Waals surface area contributed by atoms with Crippen molar-refractivity contribution in [2.75, 3.05) is 52.9 Å². The smallest absolute Gasteiger partial charge is 0.191 e. The van der Waals surface area contributed by atoms with Gasteiger partial charge in [0.25, 0.3) is 0 Å². The predicted molar refractivity (Wildman–Crippen MR) is 126 cm³/mol.